The first-order valence-corrected chi connectivity index (χ1v) is 13.4. The fourth-order valence-corrected chi connectivity index (χ4v) is 6.97. The first-order valence-electron chi connectivity index (χ1n) is 11.4. The Hall–Kier alpha value is -3.80. The van der Waals surface area contributed by atoms with Crippen LogP contribution in [0.4, 0.5) is 43.9 Å². The quantitative estimate of drug-likeness (QED) is 0.128. The molecule has 4 aromatic rings. The van der Waals surface area contributed by atoms with Gasteiger partial charge in [0, 0.05) is 0 Å². The minimum absolute atomic E-state index is 0.120. The summed E-state index contributed by atoms with van der Waals surface area (Å²) in [4.78, 5) is 0.280. The zero-order chi connectivity index (χ0) is 29.2. The van der Waals surface area contributed by atoms with Crippen LogP contribution >= 0.6 is 0 Å². The Bertz CT molecular complexity index is 1830. The summed E-state index contributed by atoms with van der Waals surface area (Å²) in [5, 5.41) is 0.494. The summed E-state index contributed by atoms with van der Waals surface area (Å²) in [6, 6.07) is 12.7. The third kappa shape index (κ3) is 3.91. The Kier molecular flexibility index (Phi) is 6.93. The number of benzene rings is 4. The molecule has 1 aliphatic rings. The fraction of sp³-hybridized carbons (Fsp3) is 0.0714. The van der Waals surface area contributed by atoms with Gasteiger partial charge < -0.3 is 0 Å². The van der Waals surface area contributed by atoms with Crippen molar-refractivity contribution in [3.05, 3.63) is 133 Å². The molecule has 0 saturated carbocycles. The Morgan fingerprint density at radius 1 is 0.575 bits per heavy atom. The maximum atomic E-state index is 15.3. The van der Waals surface area contributed by atoms with Gasteiger partial charge in [-0.3, -0.25) is 0 Å². The van der Waals surface area contributed by atoms with Crippen LogP contribution in [-0.4, -0.2) is 21.4 Å². The van der Waals surface area contributed by atoms with E-state index < -0.39 is 94.7 Å². The van der Waals surface area contributed by atoms with Crippen LogP contribution in [0.1, 0.15) is 22.6 Å². The van der Waals surface area contributed by atoms with E-state index in [0.29, 0.717) is 0 Å². The van der Waals surface area contributed by atoms with Gasteiger partial charge in [-0.25, -0.2) is 0 Å². The van der Waals surface area contributed by atoms with Crippen molar-refractivity contribution in [3.63, 3.8) is 0 Å². The average molecular weight is 577 g/mol. The summed E-state index contributed by atoms with van der Waals surface area (Å²) >= 11 is 0. The fourth-order valence-electron chi connectivity index (χ4n) is 4.98. The van der Waals surface area contributed by atoms with Crippen LogP contribution in [0.3, 0.4) is 0 Å². The maximum absolute atomic E-state index is 15.3. The number of halogens is 10. The van der Waals surface area contributed by atoms with E-state index >= 15 is 17.6 Å². The monoisotopic (exact) mass is 577 g/mol. The molecule has 40 heavy (non-hydrogen) atoms. The van der Waals surface area contributed by atoms with Crippen LogP contribution in [0.15, 0.2) is 48.5 Å². The van der Waals surface area contributed by atoms with Gasteiger partial charge in [-0.05, 0) is 0 Å². The van der Waals surface area contributed by atoms with Crippen LogP contribution < -0.4 is 10.4 Å². The van der Waals surface area contributed by atoms with Gasteiger partial charge in [0.05, 0.1) is 0 Å². The predicted octanol–water partition coefficient (Wildman–Crippen LogP) is 5.63. The third-order valence-electron chi connectivity index (χ3n) is 6.87. The molecule has 0 nitrogen and oxygen atoms in total. The number of hydrogen-bond acceptors (Lipinski definition) is 0. The van der Waals surface area contributed by atoms with E-state index in [1.165, 1.54) is 18.2 Å². The Morgan fingerprint density at radius 2 is 1.05 bits per heavy atom. The van der Waals surface area contributed by atoms with E-state index in [-0.39, 0.29) is 15.6 Å². The molecule has 0 aromatic heterocycles. The van der Waals surface area contributed by atoms with Crippen LogP contribution in [-0.2, 0) is 0 Å². The summed E-state index contributed by atoms with van der Waals surface area (Å²) in [6.45, 7) is 1.73. The zero-order valence-corrected chi connectivity index (χ0v) is 21.1. The molecule has 0 amide bonds. The molecule has 0 heterocycles. The molecular weight excluding hydrogens is 565 g/mol. The standard InChI is InChI=1S/C28H12BF10Si/c1-40(10-6-3-2-4-7-10)12-9-5-8-11-13(12)14(16-19(30)23(34)27(38)24(35)20(16)31)15(18(11)29)17-21(32)25(36)28(39)26(37)22(17)33/h2-9,15H,1H3. The van der Waals surface area contributed by atoms with Gasteiger partial charge in [0.2, 0.25) is 0 Å². The summed E-state index contributed by atoms with van der Waals surface area (Å²) in [7, 11) is 4.25. The molecule has 5 rings (SSSR count). The van der Waals surface area contributed by atoms with E-state index in [9.17, 15) is 26.3 Å². The van der Waals surface area contributed by atoms with Crippen molar-refractivity contribution in [3.8, 4) is 0 Å². The molecule has 1 aliphatic carbocycles. The summed E-state index contributed by atoms with van der Waals surface area (Å²) < 4.78 is 146. The van der Waals surface area contributed by atoms with Gasteiger partial charge >= 0.3 is 222 Å². The van der Waals surface area contributed by atoms with Crippen molar-refractivity contribution in [2.24, 2.45) is 0 Å². The zero-order valence-electron chi connectivity index (χ0n) is 20.1. The van der Waals surface area contributed by atoms with Gasteiger partial charge in [0.25, 0.3) is 0 Å². The molecule has 0 aliphatic heterocycles. The van der Waals surface area contributed by atoms with Gasteiger partial charge in [-0.2, -0.15) is 0 Å². The Labute approximate surface area is 222 Å². The predicted molar refractivity (Wildman–Crippen MR) is 130 cm³/mol. The molecule has 4 aromatic carbocycles. The molecular formula is C28H12BF10Si. The molecule has 0 N–H and O–H groups in total. The Balaban J connectivity index is 2.07. The molecule has 0 spiro atoms. The van der Waals surface area contributed by atoms with Crippen LogP contribution in [0.5, 0.6) is 0 Å². The molecule has 0 fully saturated rings. The van der Waals surface area contributed by atoms with Crippen molar-refractivity contribution in [1.82, 2.24) is 0 Å². The van der Waals surface area contributed by atoms with Crippen LogP contribution in [0.2, 0.25) is 6.55 Å². The van der Waals surface area contributed by atoms with E-state index in [1.54, 1.807) is 36.9 Å². The normalized spacial score (nSPS) is 15.5. The van der Waals surface area contributed by atoms with Crippen molar-refractivity contribution in [1.29, 1.82) is 0 Å². The van der Waals surface area contributed by atoms with Gasteiger partial charge in [-0.15, -0.1) is 0 Å². The molecule has 0 bridgehead atoms. The molecule has 1 radical (unpaired) electrons. The van der Waals surface area contributed by atoms with Crippen LogP contribution in [0.25, 0.3) is 5.57 Å². The van der Waals surface area contributed by atoms with E-state index in [2.05, 4.69) is 0 Å². The van der Waals surface area contributed by atoms with Crippen molar-refractivity contribution in [2.45, 2.75) is 12.5 Å². The molecule has 12 heteroatoms. The van der Waals surface area contributed by atoms with E-state index in [1.807, 2.05) is 0 Å². The second-order valence-corrected chi connectivity index (χ2v) is 11.3. The SMILES string of the molecule is [B]=C1c2cccc(=[Si](C)c3ccccc3)c2=C(c2c(F)c(F)c(F)c(F)c2F)C1c1c(F)c(F)c(F)c(F)c1F. The van der Waals surface area contributed by atoms with Gasteiger partial charge in [-0.1, -0.05) is 0 Å². The molecule has 0 saturated heterocycles. The van der Waals surface area contributed by atoms with Gasteiger partial charge in [0.1, 0.15) is 0 Å². The second-order valence-electron chi connectivity index (χ2n) is 8.95. The third-order valence-corrected chi connectivity index (χ3v) is 9.29. The Morgan fingerprint density at radius 3 is 1.57 bits per heavy atom. The van der Waals surface area contributed by atoms with Crippen molar-refractivity contribution in [2.75, 3.05) is 0 Å². The summed E-state index contributed by atoms with van der Waals surface area (Å²) in [5.74, 6) is -26.3. The first-order chi connectivity index (χ1) is 18.9. The number of hydrogen-bond donors (Lipinski definition) is 0. The van der Waals surface area contributed by atoms with E-state index in [4.69, 9.17) is 7.49 Å². The van der Waals surface area contributed by atoms with Crippen LogP contribution in [0, 0.1) is 63.0 Å². The molecule has 1 unspecified atom stereocenters. The van der Waals surface area contributed by atoms with E-state index in [0.717, 1.165) is 5.19 Å². The summed E-state index contributed by atoms with van der Waals surface area (Å²) in [5.41, 5.74) is -4.84. The number of rotatable bonds is 3. The molecule has 1 atom stereocenters. The average Bonchev–Trinajstić information content (AvgIpc) is 3.25. The van der Waals surface area contributed by atoms with Gasteiger partial charge in [0.15, 0.2) is 0 Å². The molecule has 201 valence electrons. The first kappa shape index (κ1) is 27.8. The topological polar surface area (TPSA) is 0 Å². The van der Waals surface area contributed by atoms with Crippen molar-refractivity contribution >= 4 is 32.1 Å². The number of fused-ring (bicyclic) bond motifs is 1. The second kappa shape index (κ2) is 9.99. The minimum atomic E-state index is -2.51. The van der Waals surface area contributed by atoms with Crippen molar-refractivity contribution < 1.29 is 43.9 Å². The summed E-state index contributed by atoms with van der Waals surface area (Å²) in [6.07, 6.45) is 0.